The number of nitrogens with one attached hydrogen (secondary N) is 1. The molecule has 0 saturated carbocycles. The standard InChI is InChI=1S/C16H15FN4O3/c1-19-12-7-8-21(14(12)15(23)20(2)16(19)24)9-13(22)18-11-5-3-10(17)4-6-11/h3-8H,9H2,1-2H3,(H,18,22). The Morgan fingerprint density at radius 2 is 1.75 bits per heavy atom. The molecule has 0 unspecified atom stereocenters. The van der Waals surface area contributed by atoms with Crippen LogP contribution in [-0.4, -0.2) is 19.6 Å². The number of halogens is 1. The smallest absolute Gasteiger partial charge is 0.331 e. The van der Waals surface area contributed by atoms with Crippen LogP contribution in [0.15, 0.2) is 46.1 Å². The lowest BCUT2D eigenvalue weighted by Gasteiger charge is -2.09. The average Bonchev–Trinajstić information content (AvgIpc) is 2.96. The predicted molar refractivity (Wildman–Crippen MR) is 87.4 cm³/mol. The Balaban J connectivity index is 1.93. The van der Waals surface area contributed by atoms with E-state index >= 15 is 0 Å². The van der Waals surface area contributed by atoms with Gasteiger partial charge in [-0.25, -0.2) is 9.18 Å². The molecule has 0 fully saturated rings. The molecule has 2 heterocycles. The molecule has 0 aliphatic rings. The Kier molecular flexibility index (Phi) is 3.80. The van der Waals surface area contributed by atoms with Crippen molar-refractivity contribution in [3.8, 4) is 0 Å². The molecule has 8 heteroatoms. The lowest BCUT2D eigenvalue weighted by Crippen LogP contribution is -2.37. The number of aromatic nitrogens is 3. The maximum Gasteiger partial charge on any atom is 0.331 e. The van der Waals surface area contributed by atoms with E-state index in [1.165, 1.54) is 40.4 Å². The monoisotopic (exact) mass is 330 g/mol. The molecule has 1 N–H and O–H groups in total. The van der Waals surface area contributed by atoms with Crippen molar-refractivity contribution >= 4 is 22.6 Å². The van der Waals surface area contributed by atoms with Crippen LogP contribution in [-0.2, 0) is 25.4 Å². The fourth-order valence-electron chi connectivity index (χ4n) is 2.56. The summed E-state index contributed by atoms with van der Waals surface area (Å²) in [4.78, 5) is 36.4. The van der Waals surface area contributed by atoms with Crippen LogP contribution in [0.2, 0.25) is 0 Å². The van der Waals surface area contributed by atoms with Crippen molar-refractivity contribution in [3.63, 3.8) is 0 Å². The number of fused-ring (bicyclic) bond motifs is 1. The molecule has 0 aliphatic carbocycles. The fraction of sp³-hybridized carbons (Fsp3) is 0.188. The molecule has 0 radical (unpaired) electrons. The van der Waals surface area contributed by atoms with E-state index in [9.17, 15) is 18.8 Å². The van der Waals surface area contributed by atoms with Crippen molar-refractivity contribution in [2.45, 2.75) is 6.54 Å². The van der Waals surface area contributed by atoms with Crippen LogP contribution in [0.5, 0.6) is 0 Å². The van der Waals surface area contributed by atoms with Crippen molar-refractivity contribution in [1.82, 2.24) is 13.7 Å². The maximum absolute atomic E-state index is 12.9. The van der Waals surface area contributed by atoms with Gasteiger partial charge in [-0.1, -0.05) is 0 Å². The molecule has 2 aromatic heterocycles. The summed E-state index contributed by atoms with van der Waals surface area (Å²) >= 11 is 0. The Hall–Kier alpha value is -3.16. The number of hydrogen-bond donors (Lipinski definition) is 1. The number of nitrogens with zero attached hydrogens (tertiary/aromatic N) is 3. The third-order valence-electron chi connectivity index (χ3n) is 3.83. The molecule has 0 spiro atoms. The number of rotatable bonds is 3. The quantitative estimate of drug-likeness (QED) is 0.772. The summed E-state index contributed by atoms with van der Waals surface area (Å²) in [6, 6.07) is 7.00. The van der Waals surface area contributed by atoms with Gasteiger partial charge < -0.3 is 9.88 Å². The van der Waals surface area contributed by atoms with Gasteiger partial charge in [0.25, 0.3) is 5.56 Å². The summed E-state index contributed by atoms with van der Waals surface area (Å²) in [5.74, 6) is -0.760. The second-order valence-corrected chi connectivity index (χ2v) is 5.44. The van der Waals surface area contributed by atoms with Crippen LogP contribution < -0.4 is 16.6 Å². The molecule has 3 rings (SSSR count). The third kappa shape index (κ3) is 2.62. The molecule has 0 saturated heterocycles. The predicted octanol–water partition coefficient (Wildman–Crippen LogP) is 0.817. The first kappa shape index (κ1) is 15.7. The Morgan fingerprint density at radius 3 is 2.42 bits per heavy atom. The van der Waals surface area contributed by atoms with E-state index in [1.54, 1.807) is 19.3 Å². The number of hydrogen-bond acceptors (Lipinski definition) is 3. The zero-order valence-corrected chi connectivity index (χ0v) is 13.1. The minimum Gasteiger partial charge on any atom is -0.332 e. The van der Waals surface area contributed by atoms with E-state index in [0.717, 1.165) is 4.57 Å². The van der Waals surface area contributed by atoms with Gasteiger partial charge in [0.1, 0.15) is 17.9 Å². The first-order chi connectivity index (χ1) is 11.4. The van der Waals surface area contributed by atoms with Gasteiger partial charge in [0.2, 0.25) is 5.91 Å². The molecular weight excluding hydrogens is 315 g/mol. The molecule has 7 nitrogen and oxygen atoms in total. The van der Waals surface area contributed by atoms with Gasteiger partial charge in [-0.15, -0.1) is 0 Å². The highest BCUT2D eigenvalue weighted by Gasteiger charge is 2.14. The number of amides is 1. The lowest BCUT2D eigenvalue weighted by atomic mass is 10.3. The van der Waals surface area contributed by atoms with E-state index in [-0.39, 0.29) is 18.0 Å². The molecule has 3 aromatic rings. The van der Waals surface area contributed by atoms with E-state index in [1.807, 2.05) is 0 Å². The maximum atomic E-state index is 12.9. The van der Waals surface area contributed by atoms with Gasteiger partial charge in [0.15, 0.2) is 0 Å². The fourth-order valence-corrected chi connectivity index (χ4v) is 2.56. The zero-order valence-electron chi connectivity index (χ0n) is 13.1. The van der Waals surface area contributed by atoms with Crippen molar-refractivity contribution in [2.75, 3.05) is 5.32 Å². The Bertz CT molecular complexity index is 1040. The summed E-state index contributed by atoms with van der Waals surface area (Å²) in [5.41, 5.74) is 0.290. The largest absolute Gasteiger partial charge is 0.332 e. The van der Waals surface area contributed by atoms with Gasteiger partial charge in [0.05, 0.1) is 5.52 Å². The summed E-state index contributed by atoms with van der Waals surface area (Å²) in [6.07, 6.45) is 1.58. The average molecular weight is 330 g/mol. The van der Waals surface area contributed by atoms with E-state index < -0.39 is 17.1 Å². The van der Waals surface area contributed by atoms with Crippen molar-refractivity contribution in [3.05, 3.63) is 63.2 Å². The molecule has 124 valence electrons. The molecule has 1 aromatic carbocycles. The second kappa shape index (κ2) is 5.80. The van der Waals surface area contributed by atoms with Crippen molar-refractivity contribution < 1.29 is 9.18 Å². The second-order valence-electron chi connectivity index (χ2n) is 5.44. The normalized spacial score (nSPS) is 11.0. The van der Waals surface area contributed by atoms with E-state index in [2.05, 4.69) is 5.32 Å². The van der Waals surface area contributed by atoms with Crippen molar-refractivity contribution in [1.29, 1.82) is 0 Å². The van der Waals surface area contributed by atoms with Gasteiger partial charge in [-0.05, 0) is 30.3 Å². The molecule has 24 heavy (non-hydrogen) atoms. The summed E-state index contributed by atoms with van der Waals surface area (Å²) in [6.45, 7) is -0.103. The number of aryl methyl sites for hydroxylation is 1. The number of carbonyl (C=O) groups is 1. The van der Waals surface area contributed by atoms with Crippen LogP contribution in [0.4, 0.5) is 10.1 Å². The number of carbonyl (C=O) groups excluding carboxylic acids is 1. The highest BCUT2D eigenvalue weighted by atomic mass is 19.1. The first-order valence-corrected chi connectivity index (χ1v) is 7.19. The summed E-state index contributed by atoms with van der Waals surface area (Å²) < 4.78 is 16.7. The van der Waals surface area contributed by atoms with Crippen LogP contribution in [0.1, 0.15) is 0 Å². The molecular formula is C16H15FN4O3. The molecule has 0 aliphatic heterocycles. The zero-order chi connectivity index (χ0) is 17.4. The number of benzene rings is 1. The van der Waals surface area contributed by atoms with E-state index in [0.29, 0.717) is 11.2 Å². The third-order valence-corrected chi connectivity index (χ3v) is 3.83. The minimum absolute atomic E-state index is 0.103. The highest BCUT2D eigenvalue weighted by molar-refractivity contribution is 5.91. The topological polar surface area (TPSA) is 78.0 Å². The molecule has 1 amide bonds. The van der Waals surface area contributed by atoms with Crippen LogP contribution in [0.3, 0.4) is 0 Å². The first-order valence-electron chi connectivity index (χ1n) is 7.19. The summed E-state index contributed by atoms with van der Waals surface area (Å²) in [7, 11) is 2.95. The molecule has 0 bridgehead atoms. The number of anilines is 1. The Labute approximate surface area is 135 Å². The van der Waals surface area contributed by atoms with Crippen LogP contribution >= 0.6 is 0 Å². The minimum atomic E-state index is -0.465. The highest BCUT2D eigenvalue weighted by Crippen LogP contribution is 2.11. The lowest BCUT2D eigenvalue weighted by molar-refractivity contribution is -0.116. The van der Waals surface area contributed by atoms with E-state index in [4.69, 9.17) is 0 Å². The van der Waals surface area contributed by atoms with Gasteiger partial charge >= 0.3 is 5.69 Å². The van der Waals surface area contributed by atoms with Gasteiger partial charge in [-0.3, -0.25) is 18.7 Å². The summed E-state index contributed by atoms with van der Waals surface area (Å²) in [5, 5.41) is 2.63. The van der Waals surface area contributed by atoms with Crippen LogP contribution in [0.25, 0.3) is 11.0 Å². The Morgan fingerprint density at radius 1 is 1.08 bits per heavy atom. The molecule has 0 atom stereocenters. The van der Waals surface area contributed by atoms with Crippen molar-refractivity contribution in [2.24, 2.45) is 14.1 Å². The van der Waals surface area contributed by atoms with Gasteiger partial charge in [0, 0.05) is 26.0 Å². The SMILES string of the molecule is Cn1c(=O)c2c(ccn2CC(=O)Nc2ccc(F)cc2)n(C)c1=O. The van der Waals surface area contributed by atoms with Gasteiger partial charge in [-0.2, -0.15) is 0 Å². The van der Waals surface area contributed by atoms with Crippen LogP contribution in [0, 0.1) is 5.82 Å².